The number of hydrogen-bond donors (Lipinski definition) is 2. The van der Waals surface area contributed by atoms with E-state index in [-0.39, 0.29) is 11.9 Å². The number of amides is 1. The van der Waals surface area contributed by atoms with E-state index in [0.717, 1.165) is 41.7 Å². The van der Waals surface area contributed by atoms with Gasteiger partial charge in [0.15, 0.2) is 5.69 Å². The van der Waals surface area contributed by atoms with E-state index in [1.54, 1.807) is 11.9 Å². The van der Waals surface area contributed by atoms with E-state index in [1.807, 2.05) is 28.9 Å². The molecule has 0 saturated carbocycles. The minimum Gasteiger partial charge on any atom is -0.336 e. The number of aromatic amines is 1. The van der Waals surface area contributed by atoms with Gasteiger partial charge in [-0.1, -0.05) is 6.07 Å². The molecule has 0 fully saturated rings. The quantitative estimate of drug-likeness (QED) is 0.753. The van der Waals surface area contributed by atoms with Crippen LogP contribution in [0, 0.1) is 0 Å². The summed E-state index contributed by atoms with van der Waals surface area (Å²) >= 11 is 0. The molecule has 8 heteroatoms. The molecular weight excluding hydrogens is 306 g/mol. The minimum absolute atomic E-state index is 0.0346. The van der Waals surface area contributed by atoms with Gasteiger partial charge in [0, 0.05) is 26.2 Å². The summed E-state index contributed by atoms with van der Waals surface area (Å²) in [6.07, 6.45) is 1.93. The van der Waals surface area contributed by atoms with E-state index in [0.29, 0.717) is 12.2 Å². The second kappa shape index (κ2) is 5.72. The van der Waals surface area contributed by atoms with E-state index >= 15 is 0 Å². The fourth-order valence-electron chi connectivity index (χ4n) is 3.15. The van der Waals surface area contributed by atoms with Gasteiger partial charge in [0.1, 0.15) is 11.0 Å². The fourth-order valence-corrected chi connectivity index (χ4v) is 3.15. The molecule has 124 valence electrons. The zero-order valence-corrected chi connectivity index (χ0v) is 13.4. The van der Waals surface area contributed by atoms with Crippen LogP contribution in [0.2, 0.25) is 0 Å². The summed E-state index contributed by atoms with van der Waals surface area (Å²) in [4.78, 5) is 14.3. The summed E-state index contributed by atoms with van der Waals surface area (Å²) < 4.78 is 1.86. The van der Waals surface area contributed by atoms with Crippen LogP contribution in [-0.2, 0) is 13.1 Å². The van der Waals surface area contributed by atoms with Gasteiger partial charge in [0.2, 0.25) is 0 Å². The highest BCUT2D eigenvalue weighted by molar-refractivity contribution is 5.92. The van der Waals surface area contributed by atoms with Crippen LogP contribution in [0.15, 0.2) is 24.3 Å². The molecule has 8 nitrogen and oxygen atoms in total. The van der Waals surface area contributed by atoms with Gasteiger partial charge in [-0.25, -0.2) is 0 Å². The summed E-state index contributed by atoms with van der Waals surface area (Å²) in [5, 5.41) is 15.1. The van der Waals surface area contributed by atoms with Crippen molar-refractivity contribution in [1.82, 2.24) is 30.1 Å². The topological polar surface area (TPSA) is 106 Å². The van der Waals surface area contributed by atoms with Gasteiger partial charge in [0.25, 0.3) is 5.91 Å². The molecule has 24 heavy (non-hydrogen) atoms. The average molecular weight is 325 g/mol. The number of carbonyl (C=O) groups is 1. The molecule has 1 amide bonds. The normalized spacial score (nSPS) is 17.0. The Labute approximate surface area is 138 Å². The predicted octanol–water partition coefficient (Wildman–Crippen LogP) is 1.22. The van der Waals surface area contributed by atoms with Crippen molar-refractivity contribution in [2.75, 3.05) is 7.05 Å². The molecule has 4 rings (SSSR count). The summed E-state index contributed by atoms with van der Waals surface area (Å²) in [5.74, 6) is -0.107. The lowest BCUT2D eigenvalue weighted by Crippen LogP contribution is -2.26. The number of nitrogens with one attached hydrogen (secondary N) is 1. The molecule has 3 N–H and O–H groups in total. The molecular formula is C16H19N7O. The highest BCUT2D eigenvalue weighted by Gasteiger charge is 2.23. The minimum atomic E-state index is -0.107. The van der Waals surface area contributed by atoms with Gasteiger partial charge in [-0.05, 0) is 36.6 Å². The van der Waals surface area contributed by atoms with Crippen molar-refractivity contribution in [2.24, 2.45) is 5.73 Å². The number of H-pyrrole nitrogens is 1. The number of nitrogens with zero attached hydrogens (tertiary/aromatic N) is 5. The maximum Gasteiger partial charge on any atom is 0.274 e. The summed E-state index contributed by atoms with van der Waals surface area (Å²) in [6.45, 7) is 1.30. The molecule has 1 aliphatic heterocycles. The van der Waals surface area contributed by atoms with Crippen LogP contribution in [-0.4, -0.2) is 43.0 Å². The number of carbonyl (C=O) groups excluding carboxylic acids is 1. The van der Waals surface area contributed by atoms with Crippen molar-refractivity contribution in [3.63, 3.8) is 0 Å². The maximum atomic E-state index is 12.7. The van der Waals surface area contributed by atoms with Crippen LogP contribution in [0.25, 0.3) is 11.0 Å². The van der Waals surface area contributed by atoms with E-state index in [4.69, 9.17) is 5.73 Å². The first-order valence-corrected chi connectivity index (χ1v) is 8.00. The molecule has 0 aliphatic carbocycles. The first-order chi connectivity index (χ1) is 11.6. The molecule has 0 saturated heterocycles. The zero-order valence-electron chi connectivity index (χ0n) is 13.4. The van der Waals surface area contributed by atoms with Crippen LogP contribution in [0.4, 0.5) is 0 Å². The van der Waals surface area contributed by atoms with Crippen molar-refractivity contribution >= 4 is 16.9 Å². The number of nitrogens with two attached hydrogens (primary N) is 1. The molecule has 1 atom stereocenters. The van der Waals surface area contributed by atoms with E-state index in [1.165, 1.54) is 0 Å². The van der Waals surface area contributed by atoms with Crippen molar-refractivity contribution in [3.8, 4) is 0 Å². The highest BCUT2D eigenvalue weighted by Crippen LogP contribution is 2.23. The van der Waals surface area contributed by atoms with Gasteiger partial charge >= 0.3 is 0 Å². The third-order valence-corrected chi connectivity index (χ3v) is 4.44. The maximum absolute atomic E-state index is 12.7. The van der Waals surface area contributed by atoms with E-state index in [9.17, 15) is 4.79 Å². The Balaban J connectivity index is 1.53. The Hall–Kier alpha value is -2.74. The van der Waals surface area contributed by atoms with Crippen LogP contribution < -0.4 is 5.73 Å². The molecule has 1 unspecified atom stereocenters. The molecule has 1 aromatic carbocycles. The average Bonchev–Trinajstić information content (AvgIpc) is 3.20. The SMILES string of the molecule is CN(Cc1ccc2n[nH]nc2c1)C(=O)c1cc2n(n1)CCCC2N. The number of aryl methyl sites for hydroxylation is 1. The molecule has 0 radical (unpaired) electrons. The third-order valence-electron chi connectivity index (χ3n) is 4.44. The van der Waals surface area contributed by atoms with E-state index in [2.05, 4.69) is 20.5 Å². The fraction of sp³-hybridized carbons (Fsp3) is 0.375. The number of benzene rings is 1. The van der Waals surface area contributed by atoms with Crippen LogP contribution >= 0.6 is 0 Å². The molecule has 0 spiro atoms. The van der Waals surface area contributed by atoms with Crippen molar-refractivity contribution < 1.29 is 4.79 Å². The highest BCUT2D eigenvalue weighted by atomic mass is 16.2. The predicted molar refractivity (Wildman–Crippen MR) is 88.1 cm³/mol. The smallest absolute Gasteiger partial charge is 0.274 e. The Morgan fingerprint density at radius 3 is 3.04 bits per heavy atom. The Kier molecular flexibility index (Phi) is 3.53. The second-order valence-electron chi connectivity index (χ2n) is 6.23. The van der Waals surface area contributed by atoms with Gasteiger partial charge in [-0.15, -0.1) is 0 Å². The lowest BCUT2D eigenvalue weighted by molar-refractivity contribution is 0.0778. The number of rotatable bonds is 3. The third kappa shape index (κ3) is 2.54. The summed E-state index contributed by atoms with van der Waals surface area (Å²) in [7, 11) is 1.77. The molecule has 0 bridgehead atoms. The Morgan fingerprint density at radius 1 is 1.38 bits per heavy atom. The number of hydrogen-bond acceptors (Lipinski definition) is 5. The summed E-state index contributed by atoms with van der Waals surface area (Å²) in [6, 6.07) is 7.55. The molecule has 1 aliphatic rings. The monoisotopic (exact) mass is 325 g/mol. The molecule has 3 aromatic rings. The van der Waals surface area contributed by atoms with Crippen LogP contribution in [0.3, 0.4) is 0 Å². The number of aromatic nitrogens is 5. The lowest BCUT2D eigenvalue weighted by Gasteiger charge is -2.19. The summed E-state index contributed by atoms with van der Waals surface area (Å²) in [5.41, 5.74) is 10.1. The number of fused-ring (bicyclic) bond motifs is 2. The zero-order chi connectivity index (χ0) is 16.7. The largest absolute Gasteiger partial charge is 0.336 e. The van der Waals surface area contributed by atoms with Crippen LogP contribution in [0.1, 0.15) is 40.6 Å². The first kappa shape index (κ1) is 14.8. The first-order valence-electron chi connectivity index (χ1n) is 8.00. The standard InChI is InChI=1S/C16H19N7O/c1-22(9-10-4-5-12-13(7-10)19-21-18-12)16(24)14-8-15-11(17)3-2-6-23(15)20-14/h4-5,7-8,11H,2-3,6,9,17H2,1H3,(H,18,19,21). The second-order valence-corrected chi connectivity index (χ2v) is 6.23. The Morgan fingerprint density at radius 2 is 2.21 bits per heavy atom. The van der Waals surface area contributed by atoms with E-state index < -0.39 is 0 Å². The lowest BCUT2D eigenvalue weighted by atomic mass is 10.1. The van der Waals surface area contributed by atoms with Gasteiger partial charge in [-0.3, -0.25) is 9.48 Å². The Bertz CT molecular complexity index is 897. The molecule has 3 heterocycles. The van der Waals surface area contributed by atoms with Gasteiger partial charge < -0.3 is 10.6 Å². The van der Waals surface area contributed by atoms with Gasteiger partial charge in [-0.2, -0.15) is 20.5 Å². The van der Waals surface area contributed by atoms with Crippen molar-refractivity contribution in [3.05, 3.63) is 41.2 Å². The van der Waals surface area contributed by atoms with Crippen molar-refractivity contribution in [1.29, 1.82) is 0 Å². The van der Waals surface area contributed by atoms with Crippen molar-refractivity contribution in [2.45, 2.75) is 32.0 Å². The van der Waals surface area contributed by atoms with Gasteiger partial charge in [0.05, 0.1) is 5.69 Å². The van der Waals surface area contributed by atoms with Crippen LogP contribution in [0.5, 0.6) is 0 Å². The molecule has 2 aromatic heterocycles.